The molecule has 0 saturated heterocycles. The van der Waals surface area contributed by atoms with Gasteiger partial charge in [-0.3, -0.25) is 9.36 Å². The van der Waals surface area contributed by atoms with Crippen LogP contribution in [-0.4, -0.2) is 40.0 Å². The first kappa shape index (κ1) is 21.6. The van der Waals surface area contributed by atoms with E-state index < -0.39 is 0 Å². The van der Waals surface area contributed by atoms with Crippen LogP contribution in [-0.2, 0) is 0 Å². The second-order valence-corrected chi connectivity index (χ2v) is 7.82. The molecule has 0 amide bonds. The van der Waals surface area contributed by atoms with Gasteiger partial charge in [-0.2, -0.15) is 0 Å². The van der Waals surface area contributed by atoms with E-state index in [-0.39, 0.29) is 11.5 Å². The molecule has 1 heterocycles. The number of Topliss-reactive ketones (excluding diaryl/α,β-unsaturated/α-hetero) is 1. The van der Waals surface area contributed by atoms with Crippen molar-refractivity contribution in [3.8, 4) is 28.6 Å². The van der Waals surface area contributed by atoms with Gasteiger partial charge in [0.05, 0.1) is 19.5 Å². The molecule has 0 unspecified atom stereocenters. The number of para-hydroxylation sites is 1. The van der Waals surface area contributed by atoms with Gasteiger partial charge in [-0.25, -0.2) is 0 Å². The Hall–Kier alpha value is -3.58. The molecular formula is C25H23N3O3S. The van der Waals surface area contributed by atoms with Gasteiger partial charge in [0.2, 0.25) is 0 Å². The molecule has 6 nitrogen and oxygen atoms in total. The average Bonchev–Trinajstić information content (AvgIpc) is 3.28. The van der Waals surface area contributed by atoms with Crippen LogP contribution in [0.3, 0.4) is 0 Å². The molecule has 0 bridgehead atoms. The lowest BCUT2D eigenvalue weighted by atomic mass is 10.1. The summed E-state index contributed by atoms with van der Waals surface area (Å²) in [5, 5.41) is 9.47. The van der Waals surface area contributed by atoms with Crippen LogP contribution in [0, 0.1) is 0 Å². The fourth-order valence-electron chi connectivity index (χ4n) is 3.22. The molecule has 1 aromatic heterocycles. The minimum Gasteiger partial charge on any atom is -0.497 e. The Morgan fingerprint density at radius 1 is 0.906 bits per heavy atom. The van der Waals surface area contributed by atoms with E-state index in [2.05, 4.69) is 10.2 Å². The number of benzene rings is 3. The smallest absolute Gasteiger partial charge is 0.196 e. The highest BCUT2D eigenvalue weighted by atomic mass is 32.2. The Bertz CT molecular complexity index is 1170. The van der Waals surface area contributed by atoms with Gasteiger partial charge in [0.25, 0.3) is 0 Å². The number of ether oxygens (including phenoxy) is 2. The zero-order valence-corrected chi connectivity index (χ0v) is 18.7. The van der Waals surface area contributed by atoms with E-state index in [1.807, 2.05) is 78.2 Å². The summed E-state index contributed by atoms with van der Waals surface area (Å²) in [7, 11) is 1.64. The Kier molecular flexibility index (Phi) is 6.87. The quantitative estimate of drug-likeness (QED) is 0.257. The molecule has 4 aromatic rings. The average molecular weight is 446 g/mol. The maximum atomic E-state index is 12.7. The number of methoxy groups -OCH3 is 1. The molecule has 4 rings (SSSR count). The first-order valence-electron chi connectivity index (χ1n) is 10.2. The van der Waals surface area contributed by atoms with Gasteiger partial charge in [0, 0.05) is 16.8 Å². The predicted octanol–water partition coefficient (Wildman–Crippen LogP) is 5.32. The molecule has 7 heteroatoms. The van der Waals surface area contributed by atoms with Crippen molar-refractivity contribution in [1.82, 2.24) is 14.8 Å². The van der Waals surface area contributed by atoms with Crippen molar-refractivity contribution >= 4 is 17.5 Å². The minimum absolute atomic E-state index is 0.0201. The summed E-state index contributed by atoms with van der Waals surface area (Å²) in [6.07, 6.45) is 0. The lowest BCUT2D eigenvalue weighted by Gasteiger charge is -2.10. The summed E-state index contributed by atoms with van der Waals surface area (Å²) in [5.74, 6) is 2.50. The summed E-state index contributed by atoms with van der Waals surface area (Å²) in [4.78, 5) is 12.7. The third-order valence-electron chi connectivity index (χ3n) is 4.82. The maximum absolute atomic E-state index is 12.7. The highest BCUT2D eigenvalue weighted by Gasteiger charge is 2.18. The van der Waals surface area contributed by atoms with Crippen LogP contribution in [0.15, 0.2) is 84.0 Å². The van der Waals surface area contributed by atoms with Crippen molar-refractivity contribution < 1.29 is 14.3 Å². The van der Waals surface area contributed by atoms with Crippen molar-refractivity contribution in [3.63, 3.8) is 0 Å². The summed E-state index contributed by atoms with van der Waals surface area (Å²) in [5.41, 5.74) is 2.48. The van der Waals surface area contributed by atoms with E-state index in [4.69, 9.17) is 9.47 Å². The van der Waals surface area contributed by atoms with Crippen LogP contribution in [0.2, 0.25) is 0 Å². The second kappa shape index (κ2) is 10.2. The summed E-state index contributed by atoms with van der Waals surface area (Å²) in [6.45, 7) is 2.52. The van der Waals surface area contributed by atoms with Crippen LogP contribution < -0.4 is 9.47 Å². The minimum atomic E-state index is 0.0201. The Morgan fingerprint density at radius 2 is 1.59 bits per heavy atom. The molecule has 0 radical (unpaired) electrons. The zero-order chi connectivity index (χ0) is 22.3. The number of nitrogens with zero attached hydrogens (tertiary/aromatic N) is 3. The fourth-order valence-corrected chi connectivity index (χ4v) is 4.06. The van der Waals surface area contributed by atoms with Crippen LogP contribution in [0.5, 0.6) is 11.5 Å². The standard InChI is InChI=1S/C25H23N3O3S/c1-3-31-22-15-9-18(10-16-22)23(29)17-32-25-27-26-24(19-11-13-21(30-2)14-12-19)28(25)20-7-5-4-6-8-20/h4-16H,3,17H2,1-2H3. The summed E-state index contributed by atoms with van der Waals surface area (Å²) >= 11 is 1.37. The molecule has 162 valence electrons. The van der Waals surface area contributed by atoms with Crippen molar-refractivity contribution in [2.24, 2.45) is 0 Å². The number of aromatic nitrogens is 3. The van der Waals surface area contributed by atoms with Gasteiger partial charge in [-0.15, -0.1) is 10.2 Å². The molecule has 0 aliphatic rings. The Morgan fingerprint density at radius 3 is 2.25 bits per heavy atom. The van der Waals surface area contributed by atoms with Gasteiger partial charge in [-0.05, 0) is 67.6 Å². The molecule has 0 spiro atoms. The van der Waals surface area contributed by atoms with Gasteiger partial charge in [0.15, 0.2) is 16.8 Å². The molecule has 0 fully saturated rings. The Balaban J connectivity index is 1.59. The molecule has 0 N–H and O–H groups in total. The SMILES string of the molecule is CCOc1ccc(C(=O)CSc2nnc(-c3ccc(OC)cc3)n2-c2ccccc2)cc1. The van der Waals surface area contributed by atoms with E-state index in [1.165, 1.54) is 11.8 Å². The van der Waals surface area contributed by atoms with E-state index in [1.54, 1.807) is 19.2 Å². The second-order valence-electron chi connectivity index (χ2n) is 6.87. The highest BCUT2D eigenvalue weighted by Crippen LogP contribution is 2.29. The number of hydrogen-bond donors (Lipinski definition) is 0. The van der Waals surface area contributed by atoms with Gasteiger partial charge >= 0.3 is 0 Å². The molecule has 3 aromatic carbocycles. The lowest BCUT2D eigenvalue weighted by Crippen LogP contribution is -2.05. The molecule has 0 atom stereocenters. The number of thioether (sulfide) groups is 1. The number of rotatable bonds is 9. The molecular weight excluding hydrogens is 422 g/mol. The third-order valence-corrected chi connectivity index (χ3v) is 5.74. The van der Waals surface area contributed by atoms with Crippen molar-refractivity contribution in [2.45, 2.75) is 12.1 Å². The molecule has 32 heavy (non-hydrogen) atoms. The number of carbonyl (C=O) groups is 1. The van der Waals surface area contributed by atoms with Crippen molar-refractivity contribution in [1.29, 1.82) is 0 Å². The fraction of sp³-hybridized carbons (Fsp3) is 0.160. The van der Waals surface area contributed by atoms with Crippen molar-refractivity contribution in [3.05, 3.63) is 84.4 Å². The first-order chi connectivity index (χ1) is 15.7. The normalized spacial score (nSPS) is 10.7. The monoisotopic (exact) mass is 445 g/mol. The van der Waals surface area contributed by atoms with Crippen molar-refractivity contribution in [2.75, 3.05) is 19.5 Å². The lowest BCUT2D eigenvalue weighted by molar-refractivity contribution is 0.102. The third kappa shape index (κ3) is 4.84. The number of hydrogen-bond acceptors (Lipinski definition) is 6. The summed E-state index contributed by atoms with van der Waals surface area (Å²) in [6, 6.07) is 24.8. The predicted molar refractivity (Wildman–Crippen MR) is 126 cm³/mol. The van der Waals surface area contributed by atoms with Crippen LogP contribution in [0.25, 0.3) is 17.1 Å². The van der Waals surface area contributed by atoms with Gasteiger partial charge in [0.1, 0.15) is 11.5 Å². The summed E-state index contributed by atoms with van der Waals surface area (Å²) < 4.78 is 12.7. The van der Waals surface area contributed by atoms with Crippen LogP contribution in [0.4, 0.5) is 0 Å². The van der Waals surface area contributed by atoms with Crippen LogP contribution in [0.1, 0.15) is 17.3 Å². The maximum Gasteiger partial charge on any atom is 0.196 e. The van der Waals surface area contributed by atoms with E-state index in [0.29, 0.717) is 23.2 Å². The largest absolute Gasteiger partial charge is 0.497 e. The van der Waals surface area contributed by atoms with E-state index in [9.17, 15) is 4.79 Å². The molecule has 0 aliphatic heterocycles. The number of carbonyl (C=O) groups excluding carboxylic acids is 1. The zero-order valence-electron chi connectivity index (χ0n) is 17.9. The van der Waals surface area contributed by atoms with Crippen LogP contribution >= 0.6 is 11.8 Å². The van der Waals surface area contributed by atoms with E-state index >= 15 is 0 Å². The topological polar surface area (TPSA) is 66.2 Å². The Labute approximate surface area is 191 Å². The highest BCUT2D eigenvalue weighted by molar-refractivity contribution is 7.99. The number of ketones is 1. The molecule has 0 saturated carbocycles. The van der Waals surface area contributed by atoms with Gasteiger partial charge in [-0.1, -0.05) is 30.0 Å². The first-order valence-corrected chi connectivity index (χ1v) is 11.2. The molecule has 0 aliphatic carbocycles. The van der Waals surface area contributed by atoms with Gasteiger partial charge < -0.3 is 9.47 Å². The van der Waals surface area contributed by atoms with E-state index in [0.717, 1.165) is 22.7 Å².